The average molecular weight is 853 g/mol. The summed E-state index contributed by atoms with van der Waals surface area (Å²) in [6.07, 6.45) is 30.5. The highest BCUT2D eigenvalue weighted by molar-refractivity contribution is 7.80. The van der Waals surface area contributed by atoms with E-state index < -0.39 is 59.8 Å². The van der Waals surface area contributed by atoms with Gasteiger partial charge in [-0.3, -0.25) is 9.35 Å². The first kappa shape index (κ1) is 55.1. The Morgan fingerprint density at radius 2 is 0.983 bits per heavy atom. The Bertz CT molecular complexity index is 1030. The molecule has 0 amide bonds. The molecular formula is C45H88O12S. The van der Waals surface area contributed by atoms with Gasteiger partial charge in [0.05, 0.1) is 19.8 Å². The van der Waals surface area contributed by atoms with Crippen LogP contribution in [-0.2, 0) is 38.3 Å². The molecule has 1 saturated heterocycles. The van der Waals surface area contributed by atoms with E-state index >= 15 is 0 Å². The van der Waals surface area contributed by atoms with Crippen molar-refractivity contribution in [3.05, 3.63) is 0 Å². The molecule has 12 nitrogen and oxygen atoms in total. The summed E-state index contributed by atoms with van der Waals surface area (Å²) in [6.45, 7) is 3.96. The average Bonchev–Trinajstić information content (AvgIpc) is 3.19. The van der Waals surface area contributed by atoms with E-state index in [2.05, 4.69) is 18.0 Å². The zero-order valence-corrected chi connectivity index (χ0v) is 37.7. The molecule has 6 unspecified atom stereocenters. The Hall–Kier alpha value is -0.900. The lowest BCUT2D eigenvalue weighted by atomic mass is 9.99. The highest BCUT2D eigenvalue weighted by Gasteiger charge is 2.48. The van der Waals surface area contributed by atoms with Gasteiger partial charge >= 0.3 is 16.4 Å². The minimum absolute atomic E-state index is 0.0417. The molecule has 346 valence electrons. The monoisotopic (exact) mass is 853 g/mol. The fraction of sp³-hybridized carbons (Fsp3) is 0.978. The molecule has 0 saturated carbocycles. The zero-order chi connectivity index (χ0) is 42.5. The van der Waals surface area contributed by atoms with Gasteiger partial charge in [0, 0.05) is 13.0 Å². The van der Waals surface area contributed by atoms with Crippen LogP contribution in [0.1, 0.15) is 219 Å². The number of hydrogen-bond acceptors (Lipinski definition) is 11. The van der Waals surface area contributed by atoms with Crippen molar-refractivity contribution in [2.45, 2.75) is 256 Å². The van der Waals surface area contributed by atoms with E-state index in [0.29, 0.717) is 13.0 Å². The molecule has 0 aromatic carbocycles. The SMILES string of the molecule is CCCCCCCCCCCCCCCCCCCCCCCCCCCC(=O)OC(COCCCCCCCC)COC1OC(CO)C(O)C(OS(=O)(=O)O)C1O. The third-order valence-electron chi connectivity index (χ3n) is 11.2. The van der Waals surface area contributed by atoms with Gasteiger partial charge in [-0.2, -0.15) is 8.42 Å². The molecule has 1 heterocycles. The molecule has 0 aromatic rings. The van der Waals surface area contributed by atoms with Gasteiger partial charge in [0.15, 0.2) is 6.29 Å². The van der Waals surface area contributed by atoms with Crippen LogP contribution in [0.25, 0.3) is 0 Å². The van der Waals surface area contributed by atoms with Gasteiger partial charge in [0.25, 0.3) is 0 Å². The Kier molecular flexibility index (Phi) is 35.9. The highest BCUT2D eigenvalue weighted by Crippen LogP contribution is 2.26. The summed E-state index contributed by atoms with van der Waals surface area (Å²) >= 11 is 0. The number of aliphatic hydroxyl groups is 3. The summed E-state index contributed by atoms with van der Waals surface area (Å²) in [4.78, 5) is 12.8. The molecule has 0 aromatic heterocycles. The summed E-state index contributed by atoms with van der Waals surface area (Å²) in [6, 6.07) is 0. The third-order valence-corrected chi connectivity index (χ3v) is 11.7. The van der Waals surface area contributed by atoms with Gasteiger partial charge in [0.1, 0.15) is 30.5 Å². The molecule has 58 heavy (non-hydrogen) atoms. The standard InChI is InChI=1S/C45H88O12S/c1-3-5-7-9-11-12-13-14-15-16-17-18-19-20-21-22-23-24-25-26-27-28-29-30-32-34-41(47)55-39(37-53-35-33-31-10-8-6-4-2)38-54-45-43(49)44(57-58(50,51)52)42(48)40(36-46)56-45/h39-40,42-46,48-49H,3-38H2,1-2H3,(H,50,51,52). The molecule has 1 aliphatic heterocycles. The van der Waals surface area contributed by atoms with Crippen LogP contribution in [0.3, 0.4) is 0 Å². The largest absolute Gasteiger partial charge is 0.457 e. The maximum Gasteiger partial charge on any atom is 0.397 e. The van der Waals surface area contributed by atoms with Gasteiger partial charge in [-0.15, -0.1) is 0 Å². The molecule has 0 aliphatic carbocycles. The van der Waals surface area contributed by atoms with E-state index in [1.54, 1.807) is 0 Å². The fourth-order valence-electron chi connectivity index (χ4n) is 7.62. The first-order valence-electron chi connectivity index (χ1n) is 23.8. The smallest absolute Gasteiger partial charge is 0.397 e. The van der Waals surface area contributed by atoms with Crippen molar-refractivity contribution in [1.82, 2.24) is 0 Å². The molecule has 1 fully saturated rings. The summed E-state index contributed by atoms with van der Waals surface area (Å²) in [7, 11) is -5.05. The maximum atomic E-state index is 12.8. The molecule has 4 N–H and O–H groups in total. The minimum Gasteiger partial charge on any atom is -0.457 e. The van der Waals surface area contributed by atoms with Crippen molar-refractivity contribution in [1.29, 1.82) is 0 Å². The Morgan fingerprint density at radius 3 is 1.38 bits per heavy atom. The second-order valence-corrected chi connectivity index (χ2v) is 17.8. The summed E-state index contributed by atoms with van der Waals surface area (Å²) in [5.74, 6) is -0.396. The van der Waals surface area contributed by atoms with Crippen molar-refractivity contribution in [3.63, 3.8) is 0 Å². The van der Waals surface area contributed by atoms with E-state index in [4.69, 9.17) is 23.5 Å². The second-order valence-electron chi connectivity index (χ2n) is 16.7. The van der Waals surface area contributed by atoms with Crippen LogP contribution < -0.4 is 0 Å². The van der Waals surface area contributed by atoms with Gasteiger partial charge in [0.2, 0.25) is 0 Å². The van der Waals surface area contributed by atoms with Crippen molar-refractivity contribution >= 4 is 16.4 Å². The number of carbonyl (C=O) groups excluding carboxylic acids is 1. The number of esters is 1. The van der Waals surface area contributed by atoms with Crippen molar-refractivity contribution < 1.29 is 56.2 Å². The number of carbonyl (C=O) groups is 1. The van der Waals surface area contributed by atoms with E-state index in [-0.39, 0.29) is 19.6 Å². The predicted molar refractivity (Wildman–Crippen MR) is 230 cm³/mol. The van der Waals surface area contributed by atoms with E-state index in [0.717, 1.165) is 38.5 Å². The summed E-state index contributed by atoms with van der Waals surface area (Å²) < 4.78 is 58.8. The minimum atomic E-state index is -5.05. The summed E-state index contributed by atoms with van der Waals surface area (Å²) in [5.41, 5.74) is 0. The van der Waals surface area contributed by atoms with Crippen LogP contribution in [-0.4, -0.2) is 97.5 Å². The lowest BCUT2D eigenvalue weighted by Crippen LogP contribution is -2.60. The van der Waals surface area contributed by atoms with Crippen molar-refractivity contribution in [2.24, 2.45) is 0 Å². The topological polar surface area (TPSA) is 178 Å². The molecule has 1 aliphatic rings. The van der Waals surface area contributed by atoms with Crippen molar-refractivity contribution in [3.8, 4) is 0 Å². The molecule has 0 bridgehead atoms. The number of ether oxygens (including phenoxy) is 4. The maximum absolute atomic E-state index is 12.8. The van der Waals surface area contributed by atoms with Gasteiger partial charge in [-0.05, 0) is 12.8 Å². The van der Waals surface area contributed by atoms with Crippen LogP contribution >= 0.6 is 0 Å². The van der Waals surface area contributed by atoms with Crippen LogP contribution in [0.5, 0.6) is 0 Å². The summed E-state index contributed by atoms with van der Waals surface area (Å²) in [5, 5.41) is 30.5. The van der Waals surface area contributed by atoms with Crippen LogP contribution in [0, 0.1) is 0 Å². The third kappa shape index (κ3) is 31.0. The second kappa shape index (κ2) is 37.8. The lowest BCUT2D eigenvalue weighted by Gasteiger charge is -2.41. The lowest BCUT2D eigenvalue weighted by molar-refractivity contribution is -0.301. The Balaban J connectivity index is 2.20. The van der Waals surface area contributed by atoms with Gasteiger partial charge < -0.3 is 34.3 Å². The van der Waals surface area contributed by atoms with E-state index in [1.165, 1.54) is 154 Å². The van der Waals surface area contributed by atoms with E-state index in [9.17, 15) is 28.5 Å². The Labute approximate surface area is 354 Å². The van der Waals surface area contributed by atoms with Gasteiger partial charge in [-0.1, -0.05) is 200 Å². The van der Waals surface area contributed by atoms with Gasteiger partial charge in [-0.25, -0.2) is 4.18 Å². The molecule has 6 atom stereocenters. The van der Waals surface area contributed by atoms with Crippen molar-refractivity contribution in [2.75, 3.05) is 26.4 Å². The number of rotatable bonds is 42. The Morgan fingerprint density at radius 1 is 0.586 bits per heavy atom. The number of unbranched alkanes of at least 4 members (excludes halogenated alkanes) is 29. The first-order valence-corrected chi connectivity index (χ1v) is 25.2. The molecule has 0 spiro atoms. The van der Waals surface area contributed by atoms with E-state index in [1.807, 2.05) is 0 Å². The number of hydrogen-bond donors (Lipinski definition) is 4. The molecule has 1 rings (SSSR count). The fourth-order valence-corrected chi connectivity index (χ4v) is 8.12. The van der Waals surface area contributed by atoms with Crippen LogP contribution in [0.15, 0.2) is 0 Å². The molecule has 13 heteroatoms. The quantitative estimate of drug-likeness (QED) is 0.0260. The number of aliphatic hydroxyl groups excluding tert-OH is 3. The van der Waals surface area contributed by atoms with Crippen LogP contribution in [0.4, 0.5) is 0 Å². The zero-order valence-electron chi connectivity index (χ0n) is 36.9. The first-order chi connectivity index (χ1) is 28.1. The predicted octanol–water partition coefficient (Wildman–Crippen LogP) is 10.1. The van der Waals surface area contributed by atoms with Crippen LogP contribution in [0.2, 0.25) is 0 Å². The highest BCUT2D eigenvalue weighted by atomic mass is 32.3. The molecular weight excluding hydrogens is 765 g/mol. The normalized spacial score (nSPS) is 20.4. The molecule has 0 radical (unpaired) electrons.